The van der Waals surface area contributed by atoms with Gasteiger partial charge in [0.2, 0.25) is 0 Å². The van der Waals surface area contributed by atoms with Crippen LogP contribution in [-0.2, 0) is 12.8 Å². The van der Waals surface area contributed by atoms with Crippen molar-refractivity contribution in [2.24, 2.45) is 5.73 Å². The average Bonchev–Trinajstić information content (AvgIpc) is 2.88. The summed E-state index contributed by atoms with van der Waals surface area (Å²) in [6, 6.07) is 14.0. The largest absolute Gasteiger partial charge is 0.493 e. The minimum absolute atomic E-state index is 0.0343. The molecule has 0 amide bonds. The van der Waals surface area contributed by atoms with Crippen LogP contribution in [0.1, 0.15) is 22.7 Å². The Morgan fingerprint density at radius 3 is 2.79 bits per heavy atom. The molecule has 0 saturated heterocycles. The van der Waals surface area contributed by atoms with E-state index in [2.05, 4.69) is 12.1 Å². The molecule has 0 saturated carbocycles. The fourth-order valence-electron chi connectivity index (χ4n) is 2.55. The van der Waals surface area contributed by atoms with E-state index in [9.17, 15) is 0 Å². The molecule has 2 N–H and O–H groups in total. The van der Waals surface area contributed by atoms with Crippen molar-refractivity contribution in [1.82, 2.24) is 0 Å². The number of hydrogen-bond donors (Lipinski definition) is 1. The fraction of sp³-hybridized carbons (Fsp3) is 0.250. The van der Waals surface area contributed by atoms with E-state index in [0.29, 0.717) is 0 Å². The zero-order chi connectivity index (χ0) is 13.2. The molecule has 0 aromatic heterocycles. The van der Waals surface area contributed by atoms with Gasteiger partial charge in [0, 0.05) is 17.5 Å². The lowest BCUT2D eigenvalue weighted by Crippen LogP contribution is -2.13. The smallest absolute Gasteiger partial charge is 0.125 e. The van der Waals surface area contributed by atoms with Crippen LogP contribution in [0.5, 0.6) is 5.75 Å². The lowest BCUT2D eigenvalue weighted by atomic mass is 9.97. The maximum absolute atomic E-state index is 6.27. The molecular formula is C16H16ClNO. The first-order valence-electron chi connectivity index (χ1n) is 6.48. The van der Waals surface area contributed by atoms with Gasteiger partial charge >= 0.3 is 0 Å². The van der Waals surface area contributed by atoms with E-state index in [1.54, 1.807) is 0 Å². The topological polar surface area (TPSA) is 35.2 Å². The Bertz CT molecular complexity index is 583. The van der Waals surface area contributed by atoms with Crippen LogP contribution in [0.2, 0.25) is 5.02 Å². The molecule has 0 spiro atoms. The minimum Gasteiger partial charge on any atom is -0.493 e. The number of benzene rings is 2. The van der Waals surface area contributed by atoms with Gasteiger partial charge in [-0.15, -0.1) is 0 Å². The Morgan fingerprint density at radius 1 is 1.21 bits per heavy atom. The first-order valence-corrected chi connectivity index (χ1v) is 6.86. The third-order valence-corrected chi connectivity index (χ3v) is 3.71. The van der Waals surface area contributed by atoms with Crippen LogP contribution in [0.3, 0.4) is 0 Å². The van der Waals surface area contributed by atoms with Crippen molar-refractivity contribution in [3.05, 3.63) is 64.2 Å². The summed E-state index contributed by atoms with van der Waals surface area (Å²) < 4.78 is 5.71. The predicted molar refractivity (Wildman–Crippen MR) is 77.7 cm³/mol. The Hall–Kier alpha value is -1.51. The molecule has 2 nitrogen and oxygen atoms in total. The summed E-state index contributed by atoms with van der Waals surface area (Å²) >= 11 is 6.16. The van der Waals surface area contributed by atoms with Gasteiger partial charge in [-0.25, -0.2) is 0 Å². The van der Waals surface area contributed by atoms with Crippen molar-refractivity contribution >= 4 is 11.6 Å². The number of rotatable bonds is 3. The second-order valence-electron chi connectivity index (χ2n) is 4.87. The Kier molecular flexibility index (Phi) is 3.45. The van der Waals surface area contributed by atoms with Crippen molar-refractivity contribution in [2.75, 3.05) is 6.61 Å². The van der Waals surface area contributed by atoms with Crippen molar-refractivity contribution in [1.29, 1.82) is 0 Å². The molecule has 0 radical (unpaired) electrons. The molecule has 3 rings (SSSR count). The summed E-state index contributed by atoms with van der Waals surface area (Å²) in [6.45, 7) is 0.739. The van der Waals surface area contributed by atoms with Crippen LogP contribution in [0.25, 0.3) is 0 Å². The molecule has 1 aliphatic heterocycles. The lowest BCUT2D eigenvalue weighted by Gasteiger charge is -2.15. The monoisotopic (exact) mass is 273 g/mol. The minimum atomic E-state index is -0.0343. The van der Waals surface area contributed by atoms with E-state index in [0.717, 1.165) is 41.3 Å². The normalized spacial score (nSPS) is 14.8. The Labute approximate surface area is 118 Å². The van der Waals surface area contributed by atoms with E-state index in [-0.39, 0.29) is 6.04 Å². The molecule has 1 aliphatic rings. The summed E-state index contributed by atoms with van der Waals surface area (Å²) in [7, 11) is 0. The molecule has 98 valence electrons. The highest BCUT2D eigenvalue weighted by Crippen LogP contribution is 2.34. The van der Waals surface area contributed by atoms with Gasteiger partial charge in [-0.3, -0.25) is 0 Å². The molecule has 0 fully saturated rings. The van der Waals surface area contributed by atoms with Crippen LogP contribution in [0, 0.1) is 0 Å². The van der Waals surface area contributed by atoms with Gasteiger partial charge in [-0.2, -0.15) is 0 Å². The molecule has 1 atom stereocenters. The molecule has 19 heavy (non-hydrogen) atoms. The first-order chi connectivity index (χ1) is 9.24. The summed E-state index contributed by atoms with van der Waals surface area (Å²) in [5.41, 5.74) is 9.71. The maximum Gasteiger partial charge on any atom is 0.125 e. The average molecular weight is 274 g/mol. The summed E-state index contributed by atoms with van der Waals surface area (Å²) in [4.78, 5) is 0. The zero-order valence-corrected chi connectivity index (χ0v) is 11.4. The standard InChI is InChI=1S/C16H16ClNO/c17-14-8-12-6-7-19-16(12)13(9-14)10-15(18)11-4-2-1-3-5-11/h1-5,8-9,15H,6-7,10,18H2. The number of fused-ring (bicyclic) bond motifs is 1. The SMILES string of the molecule is NC(Cc1cc(Cl)cc2c1OCC2)c1ccccc1. The summed E-state index contributed by atoms with van der Waals surface area (Å²) in [5.74, 6) is 0.982. The molecule has 0 bridgehead atoms. The van der Waals surface area contributed by atoms with E-state index < -0.39 is 0 Å². The summed E-state index contributed by atoms with van der Waals surface area (Å²) in [5, 5.41) is 0.763. The van der Waals surface area contributed by atoms with Crippen molar-refractivity contribution < 1.29 is 4.74 Å². The number of halogens is 1. The first kappa shape index (κ1) is 12.5. The van der Waals surface area contributed by atoms with E-state index in [4.69, 9.17) is 22.1 Å². The van der Waals surface area contributed by atoms with Gasteiger partial charge in [-0.05, 0) is 35.2 Å². The molecule has 0 aliphatic carbocycles. The third kappa shape index (κ3) is 2.60. The van der Waals surface area contributed by atoms with E-state index >= 15 is 0 Å². The van der Waals surface area contributed by atoms with Crippen molar-refractivity contribution in [2.45, 2.75) is 18.9 Å². The van der Waals surface area contributed by atoms with Crippen molar-refractivity contribution in [3.8, 4) is 5.75 Å². The molecule has 1 unspecified atom stereocenters. The summed E-state index contributed by atoms with van der Waals surface area (Å²) in [6.07, 6.45) is 1.68. The van der Waals surface area contributed by atoms with Gasteiger partial charge in [0.15, 0.2) is 0 Å². The second kappa shape index (κ2) is 5.24. The van der Waals surface area contributed by atoms with Crippen molar-refractivity contribution in [3.63, 3.8) is 0 Å². The highest BCUT2D eigenvalue weighted by molar-refractivity contribution is 6.30. The van der Waals surface area contributed by atoms with Crippen LogP contribution in [0.4, 0.5) is 0 Å². The highest BCUT2D eigenvalue weighted by atomic mass is 35.5. The number of ether oxygens (including phenoxy) is 1. The predicted octanol–water partition coefficient (Wildman–Crippen LogP) is 3.52. The van der Waals surface area contributed by atoms with Gasteiger partial charge in [0.25, 0.3) is 0 Å². The van der Waals surface area contributed by atoms with Crippen LogP contribution in [-0.4, -0.2) is 6.61 Å². The Morgan fingerprint density at radius 2 is 2.00 bits per heavy atom. The van der Waals surface area contributed by atoms with Crippen LogP contribution in [0.15, 0.2) is 42.5 Å². The lowest BCUT2D eigenvalue weighted by molar-refractivity contribution is 0.352. The van der Waals surface area contributed by atoms with Crippen LogP contribution >= 0.6 is 11.6 Å². The third-order valence-electron chi connectivity index (χ3n) is 3.49. The van der Waals surface area contributed by atoms with Gasteiger partial charge in [0.05, 0.1) is 6.61 Å². The van der Waals surface area contributed by atoms with E-state index in [1.807, 2.05) is 30.3 Å². The quantitative estimate of drug-likeness (QED) is 0.929. The van der Waals surface area contributed by atoms with Gasteiger partial charge in [-0.1, -0.05) is 41.9 Å². The molecule has 1 heterocycles. The maximum atomic E-state index is 6.27. The Balaban J connectivity index is 1.88. The molecule has 3 heteroatoms. The van der Waals surface area contributed by atoms with Gasteiger partial charge < -0.3 is 10.5 Å². The van der Waals surface area contributed by atoms with Gasteiger partial charge in [0.1, 0.15) is 5.75 Å². The molecule has 2 aromatic carbocycles. The number of nitrogens with two attached hydrogens (primary N) is 1. The highest BCUT2D eigenvalue weighted by Gasteiger charge is 2.19. The second-order valence-corrected chi connectivity index (χ2v) is 5.31. The molecular weight excluding hydrogens is 258 g/mol. The van der Waals surface area contributed by atoms with E-state index in [1.165, 1.54) is 5.56 Å². The van der Waals surface area contributed by atoms with Crippen LogP contribution < -0.4 is 10.5 Å². The number of hydrogen-bond acceptors (Lipinski definition) is 2. The fourth-order valence-corrected chi connectivity index (χ4v) is 2.82. The molecule has 2 aromatic rings. The zero-order valence-electron chi connectivity index (χ0n) is 10.6.